The van der Waals surface area contributed by atoms with Crippen molar-refractivity contribution in [1.29, 1.82) is 0 Å². The lowest BCUT2D eigenvalue weighted by molar-refractivity contribution is 0.478. The molecule has 0 bridgehead atoms. The molecule has 2 aromatic carbocycles. The molecule has 7 nitrogen and oxygen atoms in total. The second-order valence-electron chi connectivity index (χ2n) is 13.2. The number of ether oxygens (including phenoxy) is 1. The Hall–Kier alpha value is -4.26. The summed E-state index contributed by atoms with van der Waals surface area (Å²) in [6, 6.07) is 21.6. The van der Waals surface area contributed by atoms with Crippen LogP contribution >= 0.6 is 0 Å². The van der Waals surface area contributed by atoms with Crippen LogP contribution in [0.15, 0.2) is 73.1 Å². The molecule has 0 spiro atoms. The Bertz CT molecular complexity index is 1600. The van der Waals surface area contributed by atoms with Crippen LogP contribution < -0.4 is 24.3 Å². The first-order valence-corrected chi connectivity index (χ1v) is 15.7. The molecule has 222 valence electrons. The molecule has 2 fully saturated rings. The number of hydrogen-bond donors (Lipinski definition) is 0. The SMILES string of the molecule is CN1CN(c2cc(Oc3cc(-c4ccc(N5CCCC5)cn4)ncc3N3CCCC3)cc(C(C)(C)C)c2)c2ccccc21. The van der Waals surface area contributed by atoms with Gasteiger partial charge in [-0.05, 0) is 73.1 Å². The zero-order chi connectivity index (χ0) is 29.6. The second kappa shape index (κ2) is 11.1. The lowest BCUT2D eigenvalue weighted by atomic mass is 9.86. The first kappa shape index (κ1) is 27.6. The van der Waals surface area contributed by atoms with E-state index >= 15 is 0 Å². The number of anilines is 5. The Morgan fingerprint density at radius 2 is 1.37 bits per heavy atom. The zero-order valence-corrected chi connectivity index (χ0v) is 25.9. The van der Waals surface area contributed by atoms with Gasteiger partial charge < -0.3 is 24.3 Å². The third-order valence-corrected chi connectivity index (χ3v) is 9.01. The molecular weight excluding hydrogens is 532 g/mol. The van der Waals surface area contributed by atoms with Crippen LogP contribution in [0.2, 0.25) is 0 Å². The molecule has 43 heavy (non-hydrogen) atoms. The van der Waals surface area contributed by atoms with E-state index in [9.17, 15) is 0 Å². The minimum Gasteiger partial charge on any atom is -0.455 e. The van der Waals surface area contributed by atoms with Crippen molar-refractivity contribution in [3.05, 3.63) is 78.6 Å². The first-order chi connectivity index (χ1) is 20.8. The van der Waals surface area contributed by atoms with Crippen molar-refractivity contribution in [1.82, 2.24) is 9.97 Å². The molecule has 0 amide bonds. The summed E-state index contributed by atoms with van der Waals surface area (Å²) in [7, 11) is 2.15. The summed E-state index contributed by atoms with van der Waals surface area (Å²) in [6.07, 6.45) is 8.84. The maximum Gasteiger partial charge on any atom is 0.154 e. The Balaban J connectivity index is 1.26. The summed E-state index contributed by atoms with van der Waals surface area (Å²) in [4.78, 5) is 19.2. The average molecular weight is 575 g/mol. The van der Waals surface area contributed by atoms with Crippen molar-refractivity contribution in [2.24, 2.45) is 0 Å². The van der Waals surface area contributed by atoms with Crippen LogP contribution in [0.3, 0.4) is 0 Å². The number of benzene rings is 2. The van der Waals surface area contributed by atoms with Crippen LogP contribution in [-0.4, -0.2) is 49.9 Å². The molecule has 3 aliphatic heterocycles. The van der Waals surface area contributed by atoms with Crippen molar-refractivity contribution >= 4 is 28.4 Å². The molecule has 0 radical (unpaired) electrons. The molecule has 7 heteroatoms. The zero-order valence-electron chi connectivity index (χ0n) is 25.9. The van der Waals surface area contributed by atoms with E-state index in [-0.39, 0.29) is 5.41 Å². The van der Waals surface area contributed by atoms with E-state index in [1.807, 2.05) is 12.4 Å². The van der Waals surface area contributed by atoms with E-state index in [0.29, 0.717) is 0 Å². The molecule has 3 aliphatic rings. The molecule has 0 atom stereocenters. The van der Waals surface area contributed by atoms with Gasteiger partial charge in [-0.2, -0.15) is 0 Å². The molecule has 0 aliphatic carbocycles. The summed E-state index contributed by atoms with van der Waals surface area (Å²) < 4.78 is 6.88. The van der Waals surface area contributed by atoms with E-state index < -0.39 is 0 Å². The quantitative estimate of drug-likeness (QED) is 0.231. The maximum absolute atomic E-state index is 6.88. The summed E-state index contributed by atoms with van der Waals surface area (Å²) >= 11 is 0. The summed E-state index contributed by atoms with van der Waals surface area (Å²) in [5.41, 5.74) is 8.71. The largest absolute Gasteiger partial charge is 0.455 e. The van der Waals surface area contributed by atoms with E-state index in [4.69, 9.17) is 14.7 Å². The van der Waals surface area contributed by atoms with E-state index in [1.54, 1.807) is 0 Å². The van der Waals surface area contributed by atoms with Gasteiger partial charge in [-0.25, -0.2) is 0 Å². The number of para-hydroxylation sites is 2. The third kappa shape index (κ3) is 5.49. The highest BCUT2D eigenvalue weighted by molar-refractivity contribution is 5.82. The summed E-state index contributed by atoms with van der Waals surface area (Å²) in [5.74, 6) is 1.66. The van der Waals surface area contributed by atoms with Gasteiger partial charge in [-0.1, -0.05) is 32.9 Å². The number of pyridine rings is 2. The first-order valence-electron chi connectivity index (χ1n) is 15.7. The Labute approximate surface area is 255 Å². The number of rotatable bonds is 6. The van der Waals surface area contributed by atoms with Crippen LogP contribution in [0.1, 0.15) is 52.0 Å². The minimum absolute atomic E-state index is 0.0402. The van der Waals surface area contributed by atoms with Crippen molar-refractivity contribution in [2.75, 3.05) is 59.5 Å². The van der Waals surface area contributed by atoms with Gasteiger partial charge in [0.1, 0.15) is 5.75 Å². The number of fused-ring (bicyclic) bond motifs is 1. The van der Waals surface area contributed by atoms with Gasteiger partial charge >= 0.3 is 0 Å². The third-order valence-electron chi connectivity index (χ3n) is 9.01. The average Bonchev–Trinajstić information content (AvgIpc) is 3.80. The van der Waals surface area contributed by atoms with Gasteiger partial charge in [0.25, 0.3) is 0 Å². The van der Waals surface area contributed by atoms with Crippen LogP contribution in [0, 0.1) is 0 Å². The van der Waals surface area contributed by atoms with Gasteiger partial charge in [0.15, 0.2) is 5.75 Å². The van der Waals surface area contributed by atoms with E-state index in [1.165, 1.54) is 48.3 Å². The van der Waals surface area contributed by atoms with Gasteiger partial charge in [-0.15, -0.1) is 0 Å². The van der Waals surface area contributed by atoms with Crippen molar-refractivity contribution in [3.8, 4) is 22.9 Å². The Kier molecular flexibility index (Phi) is 7.12. The topological polar surface area (TPSA) is 48.0 Å². The lowest BCUT2D eigenvalue weighted by Crippen LogP contribution is -2.24. The minimum atomic E-state index is -0.0402. The standard InChI is InChI=1S/C36H42N6O/c1-36(2,3)26-19-28(42-25-39(4)32-11-5-6-12-33(32)42)21-29(20-26)43-35-22-31(38-24-34(35)41-17-9-10-18-41)30-14-13-27(23-37-30)40-15-7-8-16-40/h5-6,11-14,19-24H,7-10,15-18,25H2,1-4H3. The van der Waals surface area contributed by atoms with Crippen molar-refractivity contribution in [3.63, 3.8) is 0 Å². The van der Waals surface area contributed by atoms with E-state index in [0.717, 1.165) is 67.1 Å². The molecule has 7 rings (SSSR count). The fraction of sp³-hybridized carbons (Fsp3) is 0.389. The molecule has 2 aromatic heterocycles. The van der Waals surface area contributed by atoms with Crippen LogP contribution in [0.25, 0.3) is 11.4 Å². The molecule has 0 N–H and O–H groups in total. The smallest absolute Gasteiger partial charge is 0.154 e. The Morgan fingerprint density at radius 1 is 0.674 bits per heavy atom. The number of nitrogens with zero attached hydrogens (tertiary/aromatic N) is 6. The van der Waals surface area contributed by atoms with Gasteiger partial charge in [-0.3, -0.25) is 9.97 Å². The van der Waals surface area contributed by atoms with Crippen LogP contribution in [-0.2, 0) is 5.41 Å². The second-order valence-corrected chi connectivity index (χ2v) is 13.2. The van der Waals surface area contributed by atoms with Gasteiger partial charge in [0, 0.05) is 51.0 Å². The normalized spacial score (nSPS) is 16.7. The van der Waals surface area contributed by atoms with Crippen molar-refractivity contribution in [2.45, 2.75) is 51.9 Å². The fourth-order valence-electron chi connectivity index (χ4n) is 6.51. The number of hydrogen-bond acceptors (Lipinski definition) is 7. The molecule has 5 heterocycles. The predicted molar refractivity (Wildman–Crippen MR) is 177 cm³/mol. The lowest BCUT2D eigenvalue weighted by Gasteiger charge is -2.26. The van der Waals surface area contributed by atoms with Crippen molar-refractivity contribution < 1.29 is 4.74 Å². The molecule has 4 aromatic rings. The maximum atomic E-state index is 6.88. The summed E-state index contributed by atoms with van der Waals surface area (Å²) in [6.45, 7) is 11.8. The van der Waals surface area contributed by atoms with Gasteiger partial charge in [0.2, 0.25) is 0 Å². The molecule has 2 saturated heterocycles. The highest BCUT2D eigenvalue weighted by atomic mass is 16.5. The predicted octanol–water partition coefficient (Wildman–Crippen LogP) is 7.98. The summed E-state index contributed by atoms with van der Waals surface area (Å²) in [5, 5.41) is 0. The van der Waals surface area contributed by atoms with Crippen LogP contribution in [0.5, 0.6) is 11.5 Å². The monoisotopic (exact) mass is 574 g/mol. The number of aromatic nitrogens is 2. The highest BCUT2D eigenvalue weighted by Gasteiger charge is 2.27. The van der Waals surface area contributed by atoms with Gasteiger partial charge in [0.05, 0.1) is 53.2 Å². The molecule has 0 saturated carbocycles. The molecular formula is C36H42N6O. The Morgan fingerprint density at radius 3 is 2.07 bits per heavy atom. The van der Waals surface area contributed by atoms with E-state index in [2.05, 4.69) is 108 Å². The highest BCUT2D eigenvalue weighted by Crippen LogP contribution is 2.44. The molecule has 0 unspecified atom stereocenters. The van der Waals surface area contributed by atoms with Crippen LogP contribution in [0.4, 0.5) is 28.4 Å². The fourth-order valence-corrected chi connectivity index (χ4v) is 6.51.